The number of nitrogens with zero attached hydrogens (tertiary/aromatic N) is 1. The Morgan fingerprint density at radius 3 is 2.72 bits per heavy atom. The van der Waals surface area contributed by atoms with E-state index in [0.29, 0.717) is 11.4 Å². The zero-order valence-corrected chi connectivity index (χ0v) is 10.6. The van der Waals surface area contributed by atoms with Crippen LogP contribution in [0.2, 0.25) is 0 Å². The highest BCUT2D eigenvalue weighted by Gasteiger charge is 2.08. The van der Waals surface area contributed by atoms with Gasteiger partial charge in [0.1, 0.15) is 11.6 Å². The summed E-state index contributed by atoms with van der Waals surface area (Å²) in [6, 6.07) is 9.31. The van der Waals surface area contributed by atoms with Crippen LogP contribution in [-0.4, -0.2) is 23.5 Å². The molecule has 0 spiro atoms. The number of ether oxygens (including phenoxy) is 1. The number of benzene rings is 1. The lowest BCUT2D eigenvalue weighted by molar-refractivity contribution is -0.113. The van der Waals surface area contributed by atoms with Crippen molar-refractivity contribution in [2.24, 2.45) is 0 Å². The summed E-state index contributed by atoms with van der Waals surface area (Å²) in [4.78, 5) is 11.4. The summed E-state index contributed by atoms with van der Waals surface area (Å²) in [6.45, 7) is 0. The zero-order valence-electron chi connectivity index (χ0n) is 9.89. The standard InChI is InChI=1S/C13H13ClN2O2/c1-18-10-4-5-12(16-6-2-3-7-16)11(8-10)15-13(17)9-14/h2-8H,9H2,1H3,(H,15,17). The first-order chi connectivity index (χ1) is 8.74. The molecular formula is C13H13ClN2O2. The molecule has 0 fully saturated rings. The molecule has 0 aliphatic rings. The number of alkyl halides is 1. The summed E-state index contributed by atoms with van der Waals surface area (Å²) in [5, 5.41) is 2.75. The van der Waals surface area contributed by atoms with E-state index in [1.165, 1.54) is 0 Å². The van der Waals surface area contributed by atoms with Gasteiger partial charge in [0, 0.05) is 18.5 Å². The summed E-state index contributed by atoms with van der Waals surface area (Å²) in [7, 11) is 1.58. The Balaban J connectivity index is 2.42. The molecule has 18 heavy (non-hydrogen) atoms. The van der Waals surface area contributed by atoms with Crippen LogP contribution in [0.3, 0.4) is 0 Å². The van der Waals surface area contributed by atoms with Gasteiger partial charge >= 0.3 is 0 Å². The predicted octanol–water partition coefficient (Wildman–Crippen LogP) is 2.66. The highest BCUT2D eigenvalue weighted by molar-refractivity contribution is 6.29. The van der Waals surface area contributed by atoms with Gasteiger partial charge in [0.15, 0.2) is 0 Å². The number of aromatic nitrogens is 1. The van der Waals surface area contributed by atoms with E-state index >= 15 is 0 Å². The Morgan fingerprint density at radius 2 is 2.11 bits per heavy atom. The average molecular weight is 265 g/mol. The van der Waals surface area contributed by atoms with E-state index in [0.717, 1.165) is 5.69 Å². The molecule has 1 amide bonds. The van der Waals surface area contributed by atoms with Gasteiger partial charge in [-0.25, -0.2) is 0 Å². The zero-order chi connectivity index (χ0) is 13.0. The number of nitrogens with one attached hydrogen (secondary N) is 1. The molecule has 2 rings (SSSR count). The minimum Gasteiger partial charge on any atom is -0.497 e. The Hall–Kier alpha value is -1.94. The van der Waals surface area contributed by atoms with Crippen LogP contribution in [0, 0.1) is 0 Å². The van der Waals surface area contributed by atoms with Crippen molar-refractivity contribution >= 4 is 23.2 Å². The van der Waals surface area contributed by atoms with Crippen molar-refractivity contribution in [2.45, 2.75) is 0 Å². The highest BCUT2D eigenvalue weighted by Crippen LogP contribution is 2.26. The summed E-state index contributed by atoms with van der Waals surface area (Å²) in [5.41, 5.74) is 1.52. The van der Waals surface area contributed by atoms with Crippen molar-refractivity contribution in [3.63, 3.8) is 0 Å². The monoisotopic (exact) mass is 264 g/mol. The maximum Gasteiger partial charge on any atom is 0.239 e. The van der Waals surface area contributed by atoms with Crippen LogP contribution in [0.1, 0.15) is 0 Å². The number of hydrogen-bond donors (Lipinski definition) is 1. The van der Waals surface area contributed by atoms with E-state index in [4.69, 9.17) is 16.3 Å². The van der Waals surface area contributed by atoms with Crippen LogP contribution in [0.15, 0.2) is 42.7 Å². The second-order valence-corrected chi connectivity index (χ2v) is 3.92. The van der Waals surface area contributed by atoms with Crippen molar-refractivity contribution in [1.29, 1.82) is 0 Å². The Bertz CT molecular complexity index is 538. The fraction of sp³-hybridized carbons (Fsp3) is 0.154. The first-order valence-corrected chi connectivity index (χ1v) is 5.95. The summed E-state index contributed by atoms with van der Waals surface area (Å²) in [6.07, 6.45) is 3.80. The molecule has 1 aromatic heterocycles. The molecule has 1 heterocycles. The molecule has 2 aromatic rings. The third-order valence-electron chi connectivity index (χ3n) is 2.48. The Labute approximate surface area is 110 Å². The third kappa shape index (κ3) is 2.65. The lowest BCUT2D eigenvalue weighted by Gasteiger charge is -2.13. The van der Waals surface area contributed by atoms with E-state index < -0.39 is 0 Å². The Kier molecular flexibility index (Phi) is 3.89. The minimum atomic E-state index is -0.252. The van der Waals surface area contributed by atoms with Gasteiger partial charge in [-0.15, -0.1) is 11.6 Å². The van der Waals surface area contributed by atoms with Gasteiger partial charge in [-0.05, 0) is 24.3 Å². The fourth-order valence-corrected chi connectivity index (χ4v) is 1.71. The lowest BCUT2D eigenvalue weighted by atomic mass is 10.2. The molecule has 0 saturated carbocycles. The van der Waals surface area contributed by atoms with Gasteiger partial charge in [0.05, 0.1) is 18.5 Å². The quantitative estimate of drug-likeness (QED) is 0.863. The number of carbonyl (C=O) groups is 1. The van der Waals surface area contributed by atoms with Gasteiger partial charge < -0.3 is 14.6 Å². The number of carbonyl (C=O) groups excluding carboxylic acids is 1. The largest absolute Gasteiger partial charge is 0.497 e. The molecule has 0 aliphatic carbocycles. The van der Waals surface area contributed by atoms with Gasteiger partial charge in [0.2, 0.25) is 5.91 Å². The number of hydrogen-bond acceptors (Lipinski definition) is 2. The van der Waals surface area contributed by atoms with Crippen LogP contribution >= 0.6 is 11.6 Å². The maximum atomic E-state index is 11.4. The maximum absolute atomic E-state index is 11.4. The number of amides is 1. The van der Waals surface area contributed by atoms with Crippen LogP contribution in [-0.2, 0) is 4.79 Å². The first-order valence-electron chi connectivity index (χ1n) is 5.42. The first kappa shape index (κ1) is 12.5. The predicted molar refractivity (Wildman–Crippen MR) is 71.7 cm³/mol. The number of methoxy groups -OCH3 is 1. The molecule has 94 valence electrons. The molecule has 0 unspecified atom stereocenters. The van der Waals surface area contributed by atoms with E-state index in [9.17, 15) is 4.79 Å². The molecule has 5 heteroatoms. The minimum absolute atomic E-state index is 0.0810. The smallest absolute Gasteiger partial charge is 0.239 e. The summed E-state index contributed by atoms with van der Waals surface area (Å²) in [5.74, 6) is 0.344. The van der Waals surface area contributed by atoms with Crippen LogP contribution in [0.5, 0.6) is 5.75 Å². The van der Waals surface area contributed by atoms with Crippen LogP contribution in [0.25, 0.3) is 5.69 Å². The summed E-state index contributed by atoms with van der Waals surface area (Å²) >= 11 is 5.50. The van der Waals surface area contributed by atoms with Crippen molar-refractivity contribution in [3.05, 3.63) is 42.7 Å². The van der Waals surface area contributed by atoms with Crippen molar-refractivity contribution in [1.82, 2.24) is 4.57 Å². The molecule has 0 radical (unpaired) electrons. The van der Waals surface area contributed by atoms with Crippen molar-refractivity contribution in [3.8, 4) is 11.4 Å². The SMILES string of the molecule is COc1ccc(-n2cccc2)c(NC(=O)CCl)c1. The van der Waals surface area contributed by atoms with E-state index in [1.807, 2.05) is 41.2 Å². The topological polar surface area (TPSA) is 43.3 Å². The molecule has 0 aliphatic heterocycles. The summed E-state index contributed by atoms with van der Waals surface area (Å²) < 4.78 is 7.05. The number of rotatable bonds is 4. The fourth-order valence-electron chi connectivity index (χ4n) is 1.65. The normalized spacial score (nSPS) is 10.1. The molecular weight excluding hydrogens is 252 g/mol. The Morgan fingerprint density at radius 1 is 1.39 bits per heavy atom. The second kappa shape index (κ2) is 5.60. The van der Waals surface area contributed by atoms with E-state index in [2.05, 4.69) is 5.32 Å². The third-order valence-corrected chi connectivity index (χ3v) is 2.72. The second-order valence-electron chi connectivity index (χ2n) is 3.66. The van der Waals surface area contributed by atoms with Crippen molar-refractivity contribution in [2.75, 3.05) is 18.3 Å². The molecule has 1 N–H and O–H groups in total. The van der Waals surface area contributed by atoms with Gasteiger partial charge in [-0.2, -0.15) is 0 Å². The highest BCUT2D eigenvalue weighted by atomic mass is 35.5. The van der Waals surface area contributed by atoms with Gasteiger partial charge in [-0.3, -0.25) is 4.79 Å². The van der Waals surface area contributed by atoms with E-state index in [-0.39, 0.29) is 11.8 Å². The molecule has 0 atom stereocenters. The average Bonchev–Trinajstić information content (AvgIpc) is 2.92. The van der Waals surface area contributed by atoms with E-state index in [1.54, 1.807) is 13.2 Å². The number of halogens is 1. The van der Waals surface area contributed by atoms with Crippen LogP contribution < -0.4 is 10.1 Å². The lowest BCUT2D eigenvalue weighted by Crippen LogP contribution is -2.14. The van der Waals surface area contributed by atoms with Crippen molar-refractivity contribution < 1.29 is 9.53 Å². The van der Waals surface area contributed by atoms with Gasteiger partial charge in [-0.1, -0.05) is 0 Å². The molecule has 0 bridgehead atoms. The number of anilines is 1. The van der Waals surface area contributed by atoms with Gasteiger partial charge in [0.25, 0.3) is 0 Å². The van der Waals surface area contributed by atoms with Crippen LogP contribution in [0.4, 0.5) is 5.69 Å². The molecule has 4 nitrogen and oxygen atoms in total. The molecule has 1 aromatic carbocycles. The molecule has 0 saturated heterocycles.